The van der Waals surface area contributed by atoms with Crippen molar-refractivity contribution < 1.29 is 13.9 Å². The fourth-order valence-electron chi connectivity index (χ4n) is 4.87. The molecule has 170 valence electrons. The van der Waals surface area contributed by atoms with Crippen molar-refractivity contribution in [2.45, 2.75) is 31.5 Å². The van der Waals surface area contributed by atoms with E-state index in [2.05, 4.69) is 17.1 Å². The zero-order chi connectivity index (χ0) is 22.9. The number of benzene rings is 3. The summed E-state index contributed by atoms with van der Waals surface area (Å²) >= 11 is 6.28. The minimum atomic E-state index is -0.332. The Morgan fingerprint density at radius 2 is 1.76 bits per heavy atom. The molecule has 3 aromatic rings. The van der Waals surface area contributed by atoms with Gasteiger partial charge in [0.05, 0.1) is 0 Å². The van der Waals surface area contributed by atoms with Gasteiger partial charge in [0.15, 0.2) is 0 Å². The van der Waals surface area contributed by atoms with Gasteiger partial charge in [0.2, 0.25) is 0 Å². The highest BCUT2D eigenvalue weighted by atomic mass is 35.5. The molecule has 5 rings (SSSR count). The van der Waals surface area contributed by atoms with Gasteiger partial charge in [0.1, 0.15) is 17.3 Å². The minimum Gasteiger partial charge on any atom is -0.457 e. The first kappa shape index (κ1) is 21.7. The quantitative estimate of drug-likeness (QED) is 0.479. The van der Waals surface area contributed by atoms with Gasteiger partial charge in [-0.25, -0.2) is 9.18 Å². The number of para-hydroxylation sites is 1. The standard InChI is InChI=1S/C26H25ClFN3O2/c1-17(24-12-7-18(28)13-25(24)27)30-15-21-14-20(30)16-31(21)26(32)29-19-8-10-23(11-9-19)33-22-5-3-2-4-6-22/h2-13,17,20-21H,14-16H2,1H3,(H,29,32). The molecule has 2 heterocycles. The predicted molar refractivity (Wildman–Crippen MR) is 127 cm³/mol. The maximum absolute atomic E-state index is 13.4. The van der Waals surface area contributed by atoms with Gasteiger partial charge in [-0.3, -0.25) is 4.90 Å². The largest absolute Gasteiger partial charge is 0.457 e. The number of likely N-dealkylation sites (tertiary alicyclic amines) is 2. The lowest BCUT2D eigenvalue weighted by Gasteiger charge is -2.38. The number of halogens is 2. The van der Waals surface area contributed by atoms with Crippen LogP contribution in [0.4, 0.5) is 14.9 Å². The molecule has 3 unspecified atom stereocenters. The molecule has 2 aliphatic rings. The monoisotopic (exact) mass is 465 g/mol. The minimum absolute atomic E-state index is 0.0653. The molecule has 1 N–H and O–H groups in total. The van der Waals surface area contributed by atoms with E-state index in [-0.39, 0.29) is 30.0 Å². The number of hydrogen-bond acceptors (Lipinski definition) is 3. The zero-order valence-electron chi connectivity index (χ0n) is 18.2. The zero-order valence-corrected chi connectivity index (χ0v) is 19.0. The fourth-order valence-corrected chi connectivity index (χ4v) is 5.19. The van der Waals surface area contributed by atoms with Crippen molar-refractivity contribution in [3.05, 3.63) is 89.2 Å². The van der Waals surface area contributed by atoms with E-state index in [4.69, 9.17) is 16.3 Å². The normalized spacial score (nSPS) is 20.6. The topological polar surface area (TPSA) is 44.8 Å². The van der Waals surface area contributed by atoms with Crippen LogP contribution >= 0.6 is 11.6 Å². The molecule has 2 bridgehead atoms. The summed E-state index contributed by atoms with van der Waals surface area (Å²) in [7, 11) is 0. The summed E-state index contributed by atoms with van der Waals surface area (Å²) in [5, 5.41) is 3.45. The third-order valence-electron chi connectivity index (χ3n) is 6.54. The Hall–Kier alpha value is -3.09. The van der Waals surface area contributed by atoms with Crippen LogP contribution in [-0.2, 0) is 0 Å². The molecular formula is C26H25ClFN3O2. The molecule has 7 heteroatoms. The van der Waals surface area contributed by atoms with Crippen LogP contribution in [0.25, 0.3) is 0 Å². The van der Waals surface area contributed by atoms with Crippen molar-refractivity contribution in [3.8, 4) is 11.5 Å². The van der Waals surface area contributed by atoms with Crippen LogP contribution in [-0.4, -0.2) is 41.0 Å². The second-order valence-corrected chi connectivity index (χ2v) is 9.01. The summed E-state index contributed by atoms with van der Waals surface area (Å²) in [6, 6.07) is 21.9. The Kier molecular flexibility index (Phi) is 5.96. The molecule has 2 amide bonds. The average molecular weight is 466 g/mol. The summed E-state index contributed by atoms with van der Waals surface area (Å²) in [5.74, 6) is 1.15. The van der Waals surface area contributed by atoms with Gasteiger partial charge < -0.3 is 15.0 Å². The van der Waals surface area contributed by atoms with E-state index in [1.807, 2.05) is 59.5 Å². The number of piperazine rings is 1. The van der Waals surface area contributed by atoms with Gasteiger partial charge >= 0.3 is 6.03 Å². The van der Waals surface area contributed by atoms with E-state index in [0.29, 0.717) is 17.3 Å². The maximum atomic E-state index is 13.4. The Balaban J connectivity index is 1.18. The lowest BCUT2D eigenvalue weighted by Crippen LogP contribution is -2.50. The third kappa shape index (κ3) is 4.54. The number of rotatable bonds is 5. The predicted octanol–water partition coefficient (Wildman–Crippen LogP) is 6.32. The van der Waals surface area contributed by atoms with Crippen LogP contribution in [0, 0.1) is 5.82 Å². The number of fused-ring (bicyclic) bond motifs is 2. The van der Waals surface area contributed by atoms with Crippen molar-refractivity contribution in [2.24, 2.45) is 0 Å². The summed E-state index contributed by atoms with van der Waals surface area (Å²) in [6.07, 6.45) is 0.931. The molecule has 0 aromatic heterocycles. The van der Waals surface area contributed by atoms with Crippen molar-refractivity contribution in [1.82, 2.24) is 9.80 Å². The highest BCUT2D eigenvalue weighted by molar-refractivity contribution is 6.31. The number of urea groups is 1. The maximum Gasteiger partial charge on any atom is 0.322 e. The molecule has 0 radical (unpaired) electrons. The number of nitrogens with one attached hydrogen (secondary N) is 1. The van der Waals surface area contributed by atoms with Crippen molar-refractivity contribution in [1.29, 1.82) is 0 Å². The first-order chi connectivity index (χ1) is 16.0. The second-order valence-electron chi connectivity index (χ2n) is 8.60. The Morgan fingerprint density at radius 3 is 2.42 bits per heavy atom. The molecule has 2 fully saturated rings. The van der Waals surface area contributed by atoms with Gasteiger partial charge in [-0.05, 0) is 67.4 Å². The van der Waals surface area contributed by atoms with E-state index in [1.165, 1.54) is 12.1 Å². The fraction of sp³-hybridized carbons (Fsp3) is 0.269. The number of carbonyl (C=O) groups is 1. The van der Waals surface area contributed by atoms with E-state index < -0.39 is 0 Å². The van der Waals surface area contributed by atoms with Gasteiger partial charge in [0, 0.05) is 41.9 Å². The highest BCUT2D eigenvalue weighted by Crippen LogP contribution is 2.39. The van der Waals surface area contributed by atoms with Crippen molar-refractivity contribution >= 4 is 23.3 Å². The van der Waals surface area contributed by atoms with Gasteiger partial charge in [0.25, 0.3) is 0 Å². The van der Waals surface area contributed by atoms with E-state index in [0.717, 1.165) is 30.0 Å². The van der Waals surface area contributed by atoms with Gasteiger partial charge in [-0.15, -0.1) is 0 Å². The van der Waals surface area contributed by atoms with Crippen LogP contribution in [0.1, 0.15) is 24.9 Å². The van der Waals surface area contributed by atoms with Crippen molar-refractivity contribution in [3.63, 3.8) is 0 Å². The van der Waals surface area contributed by atoms with Gasteiger partial charge in [-0.1, -0.05) is 35.9 Å². The van der Waals surface area contributed by atoms with Gasteiger partial charge in [-0.2, -0.15) is 0 Å². The highest BCUT2D eigenvalue weighted by Gasteiger charge is 2.47. The molecule has 0 saturated carbocycles. The smallest absolute Gasteiger partial charge is 0.322 e. The molecule has 5 nitrogen and oxygen atoms in total. The molecule has 2 aliphatic heterocycles. The molecule has 2 saturated heterocycles. The third-order valence-corrected chi connectivity index (χ3v) is 6.87. The second kappa shape index (κ2) is 9.04. The number of hydrogen-bond donors (Lipinski definition) is 1. The molecule has 0 aliphatic carbocycles. The summed E-state index contributed by atoms with van der Waals surface area (Å²) in [6.45, 7) is 3.52. The number of nitrogens with zero attached hydrogens (tertiary/aromatic N) is 2. The van der Waals surface area contributed by atoms with Crippen molar-refractivity contribution in [2.75, 3.05) is 18.4 Å². The number of ether oxygens (including phenoxy) is 1. The number of amides is 2. The lowest BCUT2D eigenvalue weighted by atomic mass is 10.1. The Labute approximate surface area is 197 Å². The van der Waals surface area contributed by atoms with E-state index >= 15 is 0 Å². The lowest BCUT2D eigenvalue weighted by molar-refractivity contribution is 0.115. The molecule has 3 aromatic carbocycles. The molecule has 3 atom stereocenters. The summed E-state index contributed by atoms with van der Waals surface area (Å²) < 4.78 is 19.2. The van der Waals surface area contributed by atoms with E-state index in [1.54, 1.807) is 6.07 Å². The molecular weight excluding hydrogens is 441 g/mol. The van der Waals surface area contributed by atoms with E-state index in [9.17, 15) is 9.18 Å². The average Bonchev–Trinajstić information content (AvgIpc) is 3.42. The Morgan fingerprint density at radius 1 is 1.03 bits per heavy atom. The molecule has 0 spiro atoms. The summed E-state index contributed by atoms with van der Waals surface area (Å²) in [4.78, 5) is 17.2. The van der Waals surface area contributed by atoms with Crippen LogP contribution < -0.4 is 10.1 Å². The number of anilines is 1. The van der Waals surface area contributed by atoms with Crippen LogP contribution in [0.5, 0.6) is 11.5 Å². The Bertz CT molecular complexity index is 1140. The first-order valence-electron chi connectivity index (χ1n) is 11.1. The summed E-state index contributed by atoms with van der Waals surface area (Å²) in [5.41, 5.74) is 1.64. The molecule has 33 heavy (non-hydrogen) atoms. The first-order valence-corrected chi connectivity index (χ1v) is 11.5. The van der Waals surface area contributed by atoms with Crippen LogP contribution in [0.15, 0.2) is 72.8 Å². The van der Waals surface area contributed by atoms with Crippen LogP contribution in [0.2, 0.25) is 5.02 Å². The van der Waals surface area contributed by atoms with Crippen LogP contribution in [0.3, 0.4) is 0 Å². The number of carbonyl (C=O) groups excluding carboxylic acids is 1. The SMILES string of the molecule is CC(c1ccc(F)cc1Cl)N1CC2CC1CN2C(=O)Nc1ccc(Oc2ccccc2)cc1.